The molecule has 0 saturated heterocycles. The van der Waals surface area contributed by atoms with Gasteiger partial charge in [-0.2, -0.15) is 0 Å². The van der Waals surface area contributed by atoms with Gasteiger partial charge >= 0.3 is 0 Å². The molecule has 1 aromatic carbocycles. The average molecular weight is 250 g/mol. The first-order valence-corrected chi connectivity index (χ1v) is 6.23. The lowest BCUT2D eigenvalue weighted by Crippen LogP contribution is -2.16. The Morgan fingerprint density at radius 1 is 1.53 bits per heavy atom. The molecule has 0 saturated carbocycles. The SMILES string of the molecule is CCc1ccc2nc(NC(=O)COC)sc2c1. The molecular formula is C12H14N2O2S. The topological polar surface area (TPSA) is 51.2 Å². The lowest BCUT2D eigenvalue weighted by atomic mass is 10.2. The Morgan fingerprint density at radius 3 is 3.06 bits per heavy atom. The second kappa shape index (κ2) is 5.25. The zero-order valence-corrected chi connectivity index (χ0v) is 10.6. The number of fused-ring (bicyclic) bond motifs is 1. The molecule has 0 unspecified atom stereocenters. The van der Waals surface area contributed by atoms with Crippen LogP contribution in [-0.4, -0.2) is 24.6 Å². The summed E-state index contributed by atoms with van der Waals surface area (Å²) in [5, 5.41) is 3.33. The minimum atomic E-state index is -0.178. The number of methoxy groups -OCH3 is 1. The van der Waals surface area contributed by atoms with Gasteiger partial charge in [0.2, 0.25) is 0 Å². The van der Waals surface area contributed by atoms with E-state index in [4.69, 9.17) is 4.74 Å². The fourth-order valence-electron chi connectivity index (χ4n) is 1.53. The van der Waals surface area contributed by atoms with Crippen LogP contribution in [0, 0.1) is 0 Å². The standard InChI is InChI=1S/C12H14N2O2S/c1-3-8-4-5-9-10(6-8)17-12(13-9)14-11(15)7-16-2/h4-6H,3,7H2,1-2H3,(H,13,14,15). The summed E-state index contributed by atoms with van der Waals surface area (Å²) in [6.07, 6.45) is 0.999. The summed E-state index contributed by atoms with van der Waals surface area (Å²) < 4.78 is 5.85. The Kier molecular flexibility index (Phi) is 3.71. The van der Waals surface area contributed by atoms with Crippen LogP contribution >= 0.6 is 11.3 Å². The van der Waals surface area contributed by atoms with E-state index in [2.05, 4.69) is 29.4 Å². The van der Waals surface area contributed by atoms with E-state index in [0.29, 0.717) is 5.13 Å². The zero-order valence-electron chi connectivity index (χ0n) is 9.82. The lowest BCUT2D eigenvalue weighted by Gasteiger charge is -1.98. The van der Waals surface area contributed by atoms with Crippen molar-refractivity contribution in [3.63, 3.8) is 0 Å². The Hall–Kier alpha value is -1.46. The number of aryl methyl sites for hydroxylation is 1. The minimum Gasteiger partial charge on any atom is -0.375 e. The molecule has 1 N–H and O–H groups in total. The Labute approximate surface area is 104 Å². The highest BCUT2D eigenvalue weighted by Gasteiger charge is 2.07. The zero-order chi connectivity index (χ0) is 12.3. The van der Waals surface area contributed by atoms with Crippen LogP contribution in [0.4, 0.5) is 5.13 Å². The third-order valence-corrected chi connectivity index (χ3v) is 3.32. The number of nitrogens with one attached hydrogen (secondary N) is 1. The maximum Gasteiger partial charge on any atom is 0.252 e. The average Bonchev–Trinajstić information content (AvgIpc) is 2.69. The van der Waals surface area contributed by atoms with Gasteiger partial charge in [-0.25, -0.2) is 4.98 Å². The van der Waals surface area contributed by atoms with Crippen LogP contribution in [0.5, 0.6) is 0 Å². The maximum atomic E-state index is 11.3. The van der Waals surface area contributed by atoms with Crippen molar-refractivity contribution in [2.45, 2.75) is 13.3 Å². The fraction of sp³-hybridized carbons (Fsp3) is 0.333. The number of aromatic nitrogens is 1. The molecule has 5 heteroatoms. The first-order valence-electron chi connectivity index (χ1n) is 5.41. The second-order valence-corrected chi connectivity index (χ2v) is 4.69. The van der Waals surface area contributed by atoms with E-state index in [9.17, 15) is 4.79 Å². The van der Waals surface area contributed by atoms with Crippen molar-refractivity contribution in [1.82, 2.24) is 4.98 Å². The van der Waals surface area contributed by atoms with Crippen molar-refractivity contribution in [3.8, 4) is 0 Å². The van der Waals surface area contributed by atoms with Gasteiger partial charge in [-0.05, 0) is 24.1 Å². The molecule has 2 aromatic rings. The Morgan fingerprint density at radius 2 is 2.35 bits per heavy atom. The van der Waals surface area contributed by atoms with Gasteiger partial charge in [0, 0.05) is 7.11 Å². The highest BCUT2D eigenvalue weighted by atomic mass is 32.1. The third-order valence-electron chi connectivity index (χ3n) is 2.38. The van der Waals surface area contributed by atoms with Gasteiger partial charge in [0.05, 0.1) is 10.2 Å². The van der Waals surface area contributed by atoms with E-state index < -0.39 is 0 Å². The van der Waals surface area contributed by atoms with E-state index >= 15 is 0 Å². The van der Waals surface area contributed by atoms with Gasteiger partial charge in [0.25, 0.3) is 5.91 Å². The van der Waals surface area contributed by atoms with Crippen molar-refractivity contribution in [2.75, 3.05) is 19.0 Å². The van der Waals surface area contributed by atoms with Gasteiger partial charge in [-0.1, -0.05) is 24.3 Å². The molecule has 0 radical (unpaired) electrons. The van der Waals surface area contributed by atoms with E-state index in [-0.39, 0.29) is 12.5 Å². The molecule has 1 aromatic heterocycles. The number of hydrogen-bond donors (Lipinski definition) is 1. The van der Waals surface area contributed by atoms with E-state index in [0.717, 1.165) is 16.6 Å². The molecule has 1 heterocycles. The highest BCUT2D eigenvalue weighted by molar-refractivity contribution is 7.22. The van der Waals surface area contributed by atoms with Crippen LogP contribution in [0.1, 0.15) is 12.5 Å². The molecule has 0 aliphatic carbocycles. The normalized spacial score (nSPS) is 10.7. The van der Waals surface area contributed by atoms with Gasteiger partial charge in [0.1, 0.15) is 6.61 Å². The molecular weight excluding hydrogens is 236 g/mol. The number of carbonyl (C=O) groups excluding carboxylic acids is 1. The number of carbonyl (C=O) groups is 1. The van der Waals surface area contributed by atoms with E-state index in [1.165, 1.54) is 24.0 Å². The number of rotatable bonds is 4. The van der Waals surface area contributed by atoms with E-state index in [1.807, 2.05) is 6.07 Å². The Bertz CT molecular complexity index is 536. The van der Waals surface area contributed by atoms with Crippen LogP contribution in [0.25, 0.3) is 10.2 Å². The van der Waals surface area contributed by atoms with Crippen LogP contribution in [0.3, 0.4) is 0 Å². The molecule has 0 aliphatic rings. The summed E-state index contributed by atoms with van der Waals surface area (Å²) in [6.45, 7) is 2.17. The van der Waals surface area contributed by atoms with Crippen molar-refractivity contribution in [1.29, 1.82) is 0 Å². The van der Waals surface area contributed by atoms with Crippen LogP contribution < -0.4 is 5.32 Å². The number of benzene rings is 1. The minimum absolute atomic E-state index is 0.0517. The van der Waals surface area contributed by atoms with Crippen molar-refractivity contribution in [3.05, 3.63) is 23.8 Å². The van der Waals surface area contributed by atoms with Gasteiger partial charge < -0.3 is 4.74 Å². The summed E-state index contributed by atoms with van der Waals surface area (Å²) >= 11 is 1.48. The third kappa shape index (κ3) is 2.81. The molecule has 0 spiro atoms. The molecule has 17 heavy (non-hydrogen) atoms. The number of nitrogens with zero attached hydrogens (tertiary/aromatic N) is 1. The molecule has 0 bridgehead atoms. The number of ether oxygens (including phenoxy) is 1. The second-order valence-electron chi connectivity index (χ2n) is 3.66. The molecule has 90 valence electrons. The highest BCUT2D eigenvalue weighted by Crippen LogP contribution is 2.26. The quantitative estimate of drug-likeness (QED) is 0.906. The molecule has 0 fully saturated rings. The monoisotopic (exact) mass is 250 g/mol. The molecule has 4 nitrogen and oxygen atoms in total. The van der Waals surface area contributed by atoms with Crippen LogP contribution in [-0.2, 0) is 16.0 Å². The first-order chi connectivity index (χ1) is 8.22. The van der Waals surface area contributed by atoms with Crippen molar-refractivity contribution >= 4 is 32.6 Å². The molecule has 1 amide bonds. The summed E-state index contributed by atoms with van der Waals surface area (Å²) in [5.41, 5.74) is 2.19. The van der Waals surface area contributed by atoms with Crippen molar-refractivity contribution < 1.29 is 9.53 Å². The van der Waals surface area contributed by atoms with E-state index in [1.54, 1.807) is 0 Å². The largest absolute Gasteiger partial charge is 0.375 e. The number of hydrogen-bond acceptors (Lipinski definition) is 4. The number of anilines is 1. The predicted molar refractivity (Wildman–Crippen MR) is 69.5 cm³/mol. The summed E-state index contributed by atoms with van der Waals surface area (Å²) in [6, 6.07) is 6.15. The maximum absolute atomic E-state index is 11.3. The molecule has 0 atom stereocenters. The van der Waals surface area contributed by atoms with Crippen molar-refractivity contribution in [2.24, 2.45) is 0 Å². The summed E-state index contributed by atoms with van der Waals surface area (Å²) in [4.78, 5) is 15.7. The predicted octanol–water partition coefficient (Wildman–Crippen LogP) is 2.44. The summed E-state index contributed by atoms with van der Waals surface area (Å²) in [5.74, 6) is -0.178. The fourth-order valence-corrected chi connectivity index (χ4v) is 2.47. The first kappa shape index (κ1) is 12.0. The smallest absolute Gasteiger partial charge is 0.252 e. The lowest BCUT2D eigenvalue weighted by molar-refractivity contribution is -0.119. The number of thiazole rings is 1. The summed E-state index contributed by atoms with van der Waals surface area (Å²) in [7, 11) is 1.49. The Balaban J connectivity index is 2.22. The van der Waals surface area contributed by atoms with Gasteiger partial charge in [-0.3, -0.25) is 10.1 Å². The van der Waals surface area contributed by atoms with Crippen LogP contribution in [0.2, 0.25) is 0 Å². The van der Waals surface area contributed by atoms with Crippen LogP contribution in [0.15, 0.2) is 18.2 Å². The molecule has 0 aliphatic heterocycles. The number of amides is 1. The molecule has 2 rings (SSSR count). The van der Waals surface area contributed by atoms with Gasteiger partial charge in [-0.15, -0.1) is 0 Å². The van der Waals surface area contributed by atoms with Gasteiger partial charge in [0.15, 0.2) is 5.13 Å².